The summed E-state index contributed by atoms with van der Waals surface area (Å²) in [4.78, 5) is 4.20. The fraction of sp³-hybridized carbons (Fsp3) is 0.867. The maximum atomic E-state index is 5.85. The van der Waals surface area contributed by atoms with Crippen LogP contribution in [0.15, 0.2) is 11.6 Å². The number of hydrogen-bond acceptors (Lipinski definition) is 3. The maximum Gasteiger partial charge on any atom is 0.0826 e. The molecular weight excluding hydrogens is 226 g/mol. The van der Waals surface area contributed by atoms with Gasteiger partial charge in [0.25, 0.3) is 0 Å². The quantitative estimate of drug-likeness (QED) is 0.394. The average Bonchev–Trinajstić information content (AvgIpc) is 2.38. The van der Waals surface area contributed by atoms with Gasteiger partial charge < -0.3 is 9.47 Å². The van der Waals surface area contributed by atoms with Crippen LogP contribution in [0.25, 0.3) is 0 Å². The second kappa shape index (κ2) is 12.8. The molecule has 0 radical (unpaired) electrons. The van der Waals surface area contributed by atoms with E-state index in [9.17, 15) is 0 Å². The number of nitrogens with zero attached hydrogens (tertiary/aromatic N) is 1. The van der Waals surface area contributed by atoms with Gasteiger partial charge in [-0.2, -0.15) is 0 Å². The van der Waals surface area contributed by atoms with Crippen LogP contribution in [0.2, 0.25) is 0 Å². The summed E-state index contributed by atoms with van der Waals surface area (Å²) in [5.74, 6) is 2.62. The fourth-order valence-corrected chi connectivity index (χ4v) is 1.64. The van der Waals surface area contributed by atoms with Crippen molar-refractivity contribution in [1.82, 2.24) is 0 Å². The summed E-state index contributed by atoms with van der Waals surface area (Å²) in [6, 6.07) is 0.192. The van der Waals surface area contributed by atoms with Gasteiger partial charge in [0.15, 0.2) is 0 Å². The third-order valence-electron chi connectivity index (χ3n) is 2.82. The first-order chi connectivity index (χ1) is 8.78. The van der Waals surface area contributed by atoms with Crippen molar-refractivity contribution in [1.29, 1.82) is 0 Å². The first-order valence-corrected chi connectivity index (χ1v) is 7.19. The molecule has 18 heavy (non-hydrogen) atoms. The van der Waals surface area contributed by atoms with Crippen LogP contribution in [0.4, 0.5) is 0 Å². The summed E-state index contributed by atoms with van der Waals surface area (Å²) in [6.07, 6.45) is 5.57. The molecule has 0 aromatic heterocycles. The lowest BCUT2D eigenvalue weighted by Gasteiger charge is -2.18. The van der Waals surface area contributed by atoms with Crippen molar-refractivity contribution in [2.45, 2.75) is 65.0 Å². The van der Waals surface area contributed by atoms with Crippen LogP contribution < -0.4 is 0 Å². The zero-order valence-corrected chi connectivity index (χ0v) is 12.3. The van der Waals surface area contributed by atoms with Gasteiger partial charge in [0.05, 0.1) is 25.4 Å². The van der Waals surface area contributed by atoms with Crippen LogP contribution >= 0.6 is 0 Å². The molecule has 3 heteroatoms. The van der Waals surface area contributed by atoms with Crippen molar-refractivity contribution in [3.63, 3.8) is 0 Å². The highest BCUT2D eigenvalue weighted by molar-refractivity contribution is 5.46. The minimum absolute atomic E-state index is 0.182. The molecule has 2 unspecified atom stereocenters. The van der Waals surface area contributed by atoms with E-state index in [2.05, 4.69) is 38.2 Å². The zero-order chi connectivity index (χ0) is 13.6. The summed E-state index contributed by atoms with van der Waals surface area (Å²) in [6.45, 7) is 12.1. The normalized spacial score (nSPS) is 13.9. The topological polar surface area (TPSA) is 30.8 Å². The fourth-order valence-electron chi connectivity index (χ4n) is 1.64. The predicted molar refractivity (Wildman–Crippen MR) is 77.5 cm³/mol. The summed E-state index contributed by atoms with van der Waals surface area (Å²) in [5.41, 5.74) is 0. The average molecular weight is 255 g/mol. The van der Waals surface area contributed by atoms with E-state index in [-0.39, 0.29) is 12.1 Å². The molecule has 0 saturated carbocycles. The molecule has 0 fully saturated rings. The van der Waals surface area contributed by atoms with Gasteiger partial charge in [-0.05, 0) is 31.7 Å². The van der Waals surface area contributed by atoms with Crippen LogP contribution in [-0.4, -0.2) is 37.8 Å². The van der Waals surface area contributed by atoms with Gasteiger partial charge in [0, 0.05) is 6.61 Å². The van der Waals surface area contributed by atoms with E-state index < -0.39 is 0 Å². The minimum Gasteiger partial charge on any atom is -0.379 e. The SMILES string of the molecule is C=C=NC(CCC)COC(CC)COCCCC. The molecule has 0 saturated heterocycles. The highest BCUT2D eigenvalue weighted by Gasteiger charge is 2.11. The molecule has 0 aliphatic carbocycles. The maximum absolute atomic E-state index is 5.85. The van der Waals surface area contributed by atoms with E-state index >= 15 is 0 Å². The smallest absolute Gasteiger partial charge is 0.0826 e. The molecule has 0 bridgehead atoms. The van der Waals surface area contributed by atoms with Crippen molar-refractivity contribution in [2.75, 3.05) is 19.8 Å². The Balaban J connectivity index is 3.84. The third kappa shape index (κ3) is 9.41. The summed E-state index contributed by atoms with van der Waals surface area (Å²) in [5, 5.41) is 0. The van der Waals surface area contributed by atoms with Crippen LogP contribution in [0.1, 0.15) is 52.9 Å². The van der Waals surface area contributed by atoms with Gasteiger partial charge in [0.1, 0.15) is 0 Å². The first kappa shape index (κ1) is 17.4. The van der Waals surface area contributed by atoms with Gasteiger partial charge in [-0.1, -0.05) is 33.6 Å². The minimum atomic E-state index is 0.182. The predicted octanol–water partition coefficient (Wildman–Crippen LogP) is 3.62. The molecule has 0 aliphatic heterocycles. The van der Waals surface area contributed by atoms with Crippen LogP contribution in [0, 0.1) is 0 Å². The number of rotatable bonds is 12. The summed E-state index contributed by atoms with van der Waals surface area (Å²) in [7, 11) is 0. The molecule has 2 atom stereocenters. The van der Waals surface area contributed by atoms with Crippen molar-refractivity contribution in [2.24, 2.45) is 4.99 Å². The molecule has 106 valence electrons. The van der Waals surface area contributed by atoms with Crippen molar-refractivity contribution in [3.8, 4) is 0 Å². The lowest BCUT2D eigenvalue weighted by Crippen LogP contribution is -2.24. The van der Waals surface area contributed by atoms with Crippen molar-refractivity contribution >= 4 is 5.87 Å². The van der Waals surface area contributed by atoms with Crippen LogP contribution in [-0.2, 0) is 9.47 Å². The van der Waals surface area contributed by atoms with E-state index in [0.29, 0.717) is 13.2 Å². The molecule has 0 heterocycles. The zero-order valence-electron chi connectivity index (χ0n) is 12.3. The Morgan fingerprint density at radius 2 is 1.94 bits per heavy atom. The Morgan fingerprint density at radius 3 is 2.50 bits per heavy atom. The van der Waals surface area contributed by atoms with Gasteiger partial charge in [-0.25, -0.2) is 4.99 Å². The summed E-state index contributed by atoms with van der Waals surface area (Å²) >= 11 is 0. The van der Waals surface area contributed by atoms with Crippen LogP contribution in [0.3, 0.4) is 0 Å². The highest BCUT2D eigenvalue weighted by atomic mass is 16.5. The summed E-state index contributed by atoms with van der Waals surface area (Å²) < 4.78 is 11.4. The second-order valence-corrected chi connectivity index (χ2v) is 4.52. The Morgan fingerprint density at radius 1 is 1.17 bits per heavy atom. The van der Waals surface area contributed by atoms with E-state index in [4.69, 9.17) is 9.47 Å². The Kier molecular flexibility index (Phi) is 12.4. The number of hydrogen-bond donors (Lipinski definition) is 0. The van der Waals surface area contributed by atoms with Gasteiger partial charge in [0.2, 0.25) is 0 Å². The molecule has 0 aromatic carbocycles. The van der Waals surface area contributed by atoms with Crippen molar-refractivity contribution in [3.05, 3.63) is 6.58 Å². The largest absolute Gasteiger partial charge is 0.379 e. The molecule has 0 spiro atoms. The lowest BCUT2D eigenvalue weighted by molar-refractivity contribution is -0.0233. The molecule has 0 aromatic rings. The molecule has 3 nitrogen and oxygen atoms in total. The Labute approximate surface area is 112 Å². The number of ether oxygens (including phenoxy) is 2. The molecule has 0 aliphatic rings. The third-order valence-corrected chi connectivity index (χ3v) is 2.82. The van der Waals surface area contributed by atoms with E-state index in [1.807, 2.05) is 0 Å². The standard InChI is InChI=1S/C15H29NO2/c1-5-9-11-17-13-15(7-3)18-12-14(10-6-2)16-8-4/h14-15H,4-7,9-13H2,1-3H3. The van der Waals surface area contributed by atoms with E-state index in [0.717, 1.165) is 32.3 Å². The van der Waals surface area contributed by atoms with Crippen molar-refractivity contribution < 1.29 is 9.47 Å². The second-order valence-electron chi connectivity index (χ2n) is 4.52. The Bertz CT molecular complexity index is 225. The lowest BCUT2D eigenvalue weighted by atomic mass is 10.2. The number of aliphatic imine (C=N–C) groups is 1. The van der Waals surface area contributed by atoms with E-state index in [1.165, 1.54) is 6.42 Å². The van der Waals surface area contributed by atoms with Gasteiger partial charge in [-0.3, -0.25) is 0 Å². The van der Waals surface area contributed by atoms with Gasteiger partial charge >= 0.3 is 0 Å². The highest BCUT2D eigenvalue weighted by Crippen LogP contribution is 2.06. The van der Waals surface area contributed by atoms with E-state index in [1.54, 1.807) is 0 Å². The molecule has 0 N–H and O–H groups in total. The molecule has 0 amide bonds. The molecule has 0 rings (SSSR count). The van der Waals surface area contributed by atoms with Crippen LogP contribution in [0.5, 0.6) is 0 Å². The first-order valence-electron chi connectivity index (χ1n) is 7.19. The molecular formula is C15H29NO2. The monoisotopic (exact) mass is 255 g/mol. The van der Waals surface area contributed by atoms with Gasteiger partial charge in [-0.15, -0.1) is 0 Å². The Hall–Kier alpha value is -0.630. The number of unbranched alkanes of at least 4 members (excludes halogenated alkanes) is 1.